The summed E-state index contributed by atoms with van der Waals surface area (Å²) in [5.74, 6) is -2.75. The Labute approximate surface area is 243 Å². The number of ketones is 1. The van der Waals surface area contributed by atoms with Crippen LogP contribution < -0.4 is 5.73 Å². The van der Waals surface area contributed by atoms with E-state index in [1.54, 1.807) is 13.0 Å². The molecule has 4 aliphatic carbocycles. The number of ether oxygens (including phenoxy) is 1. The molecule has 0 bridgehead atoms. The van der Waals surface area contributed by atoms with Gasteiger partial charge in [-0.05, 0) is 55.2 Å². The van der Waals surface area contributed by atoms with E-state index in [0.717, 1.165) is 32.1 Å². The summed E-state index contributed by atoms with van der Waals surface area (Å²) in [6.45, 7) is 7.35. The summed E-state index contributed by atoms with van der Waals surface area (Å²) in [4.78, 5) is 26.4. The highest BCUT2D eigenvalue weighted by Crippen LogP contribution is 2.76. The maximum atomic E-state index is 13.3. The molecular weight excluding hydrogens is 518 g/mol. The Morgan fingerprint density at radius 3 is 2.46 bits per heavy atom. The molecule has 0 radical (unpaired) electrons. The van der Waals surface area contributed by atoms with Crippen LogP contribution in [0.1, 0.15) is 78.2 Å². The molecule has 0 aromatic heterocycles. The lowest BCUT2D eigenvalue weighted by Crippen LogP contribution is -2.61. The van der Waals surface area contributed by atoms with Crippen LogP contribution in [0.25, 0.3) is 0 Å². The molecule has 41 heavy (non-hydrogen) atoms. The number of hydrogen-bond acceptors (Lipinski definition) is 7. The normalized spacial score (nSPS) is 37.6. The summed E-state index contributed by atoms with van der Waals surface area (Å²) < 4.78 is 6.31. The predicted molar refractivity (Wildman–Crippen MR) is 157 cm³/mol. The van der Waals surface area contributed by atoms with Gasteiger partial charge in [-0.2, -0.15) is 0 Å². The Bertz CT molecular complexity index is 1240. The smallest absolute Gasteiger partial charge is 0.323 e. The monoisotopic (exact) mass is 565 g/mol. The van der Waals surface area contributed by atoms with Crippen molar-refractivity contribution in [2.45, 2.75) is 102 Å². The highest BCUT2D eigenvalue weighted by atomic mass is 16.6. The topological polar surface area (TPSA) is 130 Å². The number of carbonyl (C=O) groups is 2. The van der Waals surface area contributed by atoms with Crippen LogP contribution in [0.4, 0.5) is 0 Å². The number of rotatable bonds is 10. The van der Waals surface area contributed by atoms with Gasteiger partial charge in [-0.3, -0.25) is 9.59 Å². The number of hydrogen-bond donors (Lipinski definition) is 4. The largest absolute Gasteiger partial charge is 0.457 e. The first kappa shape index (κ1) is 30.1. The first-order valence-corrected chi connectivity index (χ1v) is 15.3. The van der Waals surface area contributed by atoms with Crippen molar-refractivity contribution >= 4 is 11.8 Å². The molecule has 0 spiro atoms. The first-order valence-electron chi connectivity index (χ1n) is 15.3. The third kappa shape index (κ3) is 4.73. The molecule has 0 heterocycles. The molecule has 7 nitrogen and oxygen atoms in total. The van der Waals surface area contributed by atoms with Crippen LogP contribution in [-0.4, -0.2) is 56.5 Å². The van der Waals surface area contributed by atoms with Gasteiger partial charge in [-0.1, -0.05) is 82.5 Å². The molecule has 224 valence electrons. The fourth-order valence-corrected chi connectivity index (χ4v) is 8.66. The van der Waals surface area contributed by atoms with Crippen LogP contribution >= 0.6 is 0 Å². The van der Waals surface area contributed by atoms with Gasteiger partial charge in [0.15, 0.2) is 5.78 Å². The molecule has 0 aliphatic heterocycles. The number of aliphatic hydroxyl groups excluding tert-OH is 1. The fraction of sp³-hybridized carbons (Fsp3) is 0.647. The zero-order chi connectivity index (χ0) is 29.8. The summed E-state index contributed by atoms with van der Waals surface area (Å²) in [6, 6.07) is 9.72. The molecule has 4 aliphatic rings. The van der Waals surface area contributed by atoms with Crippen molar-refractivity contribution in [1.29, 1.82) is 0 Å². The second-order valence-electron chi connectivity index (χ2n) is 13.8. The maximum Gasteiger partial charge on any atom is 0.323 e. The van der Waals surface area contributed by atoms with Gasteiger partial charge in [0.2, 0.25) is 0 Å². The summed E-state index contributed by atoms with van der Waals surface area (Å²) in [5.41, 5.74) is 4.14. The van der Waals surface area contributed by atoms with Gasteiger partial charge in [0.05, 0.1) is 12.2 Å². The number of aryl methyl sites for hydroxylation is 1. The standard InChI is InChI=1S/C34H47NO6/c1-21-16-27-32(39,29(21)37)19-24(20-36)17-25-28-31(3,4)33(28,18-22(2)34(25,27)40)41-30(38)26(35)15-11-6-5-8-12-23-13-9-7-10-14-23/h7,9-10,13-14,16-17,22,25-28,36,39-40H,5-6,8,11-12,15,18-20,35H2,1-4H3/t22-,25+,26-,27-,28-,32-,33+,34-/m1/s1. The molecular formula is C34H47NO6. The lowest BCUT2D eigenvalue weighted by molar-refractivity contribution is -0.187. The Morgan fingerprint density at radius 2 is 1.78 bits per heavy atom. The molecule has 1 aromatic rings. The van der Waals surface area contributed by atoms with Crippen LogP contribution in [0.2, 0.25) is 0 Å². The Hall–Kier alpha value is -2.32. The minimum Gasteiger partial charge on any atom is -0.457 e. The van der Waals surface area contributed by atoms with E-state index in [2.05, 4.69) is 24.3 Å². The van der Waals surface area contributed by atoms with Gasteiger partial charge >= 0.3 is 5.97 Å². The van der Waals surface area contributed by atoms with Gasteiger partial charge in [0.1, 0.15) is 17.2 Å². The average molecular weight is 566 g/mol. The zero-order valence-electron chi connectivity index (χ0n) is 24.9. The highest BCUT2D eigenvalue weighted by Gasteiger charge is 2.83. The van der Waals surface area contributed by atoms with Crippen molar-refractivity contribution in [2.75, 3.05) is 6.61 Å². The van der Waals surface area contributed by atoms with Gasteiger partial charge in [0.25, 0.3) is 0 Å². The van der Waals surface area contributed by atoms with Gasteiger partial charge in [0, 0.05) is 29.6 Å². The highest BCUT2D eigenvalue weighted by molar-refractivity contribution is 6.04. The number of carbonyl (C=O) groups excluding carboxylic acids is 2. The van der Waals surface area contributed by atoms with E-state index in [1.807, 2.05) is 32.9 Å². The van der Waals surface area contributed by atoms with Gasteiger partial charge < -0.3 is 25.8 Å². The Morgan fingerprint density at radius 1 is 1.10 bits per heavy atom. The van der Waals surface area contributed by atoms with Crippen LogP contribution in [0.15, 0.2) is 53.6 Å². The average Bonchev–Trinajstić information content (AvgIpc) is 3.34. The summed E-state index contributed by atoms with van der Waals surface area (Å²) in [7, 11) is 0. The number of aliphatic hydroxyl groups is 3. The van der Waals surface area contributed by atoms with E-state index in [4.69, 9.17) is 10.5 Å². The molecule has 7 heteroatoms. The molecule has 2 fully saturated rings. The number of Topliss-reactive ketones (excluding diaryl/α,β-unsaturated/α-hetero) is 1. The molecule has 0 unspecified atom stereocenters. The molecule has 1 aromatic carbocycles. The van der Waals surface area contributed by atoms with Crippen LogP contribution in [0.3, 0.4) is 0 Å². The Balaban J connectivity index is 1.26. The molecule has 5 N–H and O–H groups in total. The molecule has 5 rings (SSSR count). The second kappa shape index (κ2) is 10.7. The number of nitrogens with two attached hydrogens (primary N) is 1. The van der Waals surface area contributed by atoms with E-state index in [9.17, 15) is 24.9 Å². The molecule has 0 saturated heterocycles. The molecule has 2 saturated carbocycles. The van der Waals surface area contributed by atoms with E-state index in [-0.39, 0.29) is 24.9 Å². The predicted octanol–water partition coefficient (Wildman–Crippen LogP) is 4.03. The lowest BCUT2D eigenvalue weighted by Gasteiger charge is -2.50. The van der Waals surface area contributed by atoms with Crippen molar-refractivity contribution < 1.29 is 29.6 Å². The summed E-state index contributed by atoms with van der Waals surface area (Å²) in [5, 5.41) is 34.2. The lowest BCUT2D eigenvalue weighted by atomic mass is 9.60. The maximum absolute atomic E-state index is 13.3. The van der Waals surface area contributed by atoms with Crippen molar-refractivity contribution in [3.05, 3.63) is 59.2 Å². The number of esters is 1. The number of fused-ring (bicyclic) bond motifs is 5. The second-order valence-corrected chi connectivity index (χ2v) is 13.8. The minimum absolute atomic E-state index is 0.0253. The zero-order valence-corrected chi connectivity index (χ0v) is 24.9. The number of benzene rings is 1. The van der Waals surface area contributed by atoms with Crippen molar-refractivity contribution in [3.63, 3.8) is 0 Å². The SMILES string of the molecule is CC1=C[C@H]2[C@@]3(O)[C@H](C)C[C@]4(OC(=O)[C@H](N)CCCCCCc5ccccc5)[C@H]([C@@H]3C=C(CO)C[C@]2(O)C1=O)C4(C)C. The summed E-state index contributed by atoms with van der Waals surface area (Å²) >= 11 is 0. The molecule has 0 amide bonds. The van der Waals surface area contributed by atoms with E-state index >= 15 is 0 Å². The fourth-order valence-electron chi connectivity index (χ4n) is 8.66. The van der Waals surface area contributed by atoms with Crippen molar-refractivity contribution in [2.24, 2.45) is 34.8 Å². The van der Waals surface area contributed by atoms with E-state index in [1.165, 1.54) is 5.56 Å². The van der Waals surface area contributed by atoms with Crippen molar-refractivity contribution in [3.8, 4) is 0 Å². The van der Waals surface area contributed by atoms with Crippen LogP contribution in [0.5, 0.6) is 0 Å². The van der Waals surface area contributed by atoms with Gasteiger partial charge in [-0.15, -0.1) is 0 Å². The van der Waals surface area contributed by atoms with E-state index < -0.39 is 51.8 Å². The quantitative estimate of drug-likeness (QED) is 0.191. The minimum atomic E-state index is -1.80. The molecule has 8 atom stereocenters. The van der Waals surface area contributed by atoms with Crippen molar-refractivity contribution in [1.82, 2.24) is 0 Å². The third-order valence-corrected chi connectivity index (χ3v) is 11.0. The number of unbranched alkanes of at least 4 members (excludes halogenated alkanes) is 3. The van der Waals surface area contributed by atoms with E-state index in [0.29, 0.717) is 24.0 Å². The third-order valence-electron chi connectivity index (χ3n) is 11.0. The summed E-state index contributed by atoms with van der Waals surface area (Å²) in [6.07, 6.45) is 9.59. The Kier molecular flexibility index (Phi) is 7.90. The first-order chi connectivity index (χ1) is 19.3. The van der Waals surface area contributed by atoms with Gasteiger partial charge in [-0.25, -0.2) is 0 Å². The van der Waals surface area contributed by atoms with Crippen LogP contribution in [0, 0.1) is 29.1 Å². The van der Waals surface area contributed by atoms with Crippen LogP contribution in [-0.2, 0) is 20.7 Å².